The molecule has 1 rings (SSSR count). The molecule has 0 saturated carbocycles. The fourth-order valence-electron chi connectivity index (χ4n) is 3.57. The molecule has 25 heavy (non-hydrogen) atoms. The molecule has 0 unspecified atom stereocenters. The molecular formula is C23H40O2. The van der Waals surface area contributed by atoms with Crippen molar-refractivity contribution in [3.8, 4) is 0 Å². The topological polar surface area (TPSA) is 30.2 Å². The number of hydrogen-bond donors (Lipinski definition) is 0. The van der Waals surface area contributed by atoms with E-state index in [0.717, 1.165) is 24.2 Å². The third-order valence-electron chi connectivity index (χ3n) is 5.15. The number of aryl methyl sites for hydroxylation is 2. The first-order valence-electron chi connectivity index (χ1n) is 10.8. The van der Waals surface area contributed by atoms with E-state index < -0.39 is 0 Å². The normalized spacial score (nSPS) is 11.2. The first kappa shape index (κ1) is 22.0. The van der Waals surface area contributed by atoms with Crippen LogP contribution < -0.4 is 5.43 Å². The van der Waals surface area contributed by atoms with E-state index in [1.165, 1.54) is 83.5 Å². The van der Waals surface area contributed by atoms with E-state index in [9.17, 15) is 4.79 Å². The predicted octanol–water partition coefficient (Wildman–Crippen LogP) is 7.28. The summed E-state index contributed by atoms with van der Waals surface area (Å²) in [6.07, 6.45) is 20.0. The van der Waals surface area contributed by atoms with E-state index in [4.69, 9.17) is 4.42 Å². The number of rotatable bonds is 15. The lowest BCUT2D eigenvalue weighted by Crippen LogP contribution is -2.10. The minimum atomic E-state index is 0.149. The van der Waals surface area contributed by atoms with Gasteiger partial charge in [-0.05, 0) is 26.7 Å². The zero-order valence-corrected chi connectivity index (χ0v) is 17.0. The van der Waals surface area contributed by atoms with Crippen molar-refractivity contribution in [2.45, 2.75) is 117 Å². The average Bonchev–Trinajstić information content (AvgIpc) is 2.57. The molecule has 0 aliphatic carbocycles. The summed E-state index contributed by atoms with van der Waals surface area (Å²) in [5.41, 5.74) is 1.03. The molecular weight excluding hydrogens is 308 g/mol. The summed E-state index contributed by atoms with van der Waals surface area (Å²) in [5, 5.41) is 0. The van der Waals surface area contributed by atoms with Crippen molar-refractivity contribution < 1.29 is 4.42 Å². The molecule has 0 amide bonds. The van der Waals surface area contributed by atoms with Gasteiger partial charge in [0.05, 0.1) is 0 Å². The molecule has 0 atom stereocenters. The van der Waals surface area contributed by atoms with Crippen LogP contribution in [0.3, 0.4) is 0 Å². The highest BCUT2D eigenvalue weighted by Crippen LogP contribution is 2.14. The first-order valence-corrected chi connectivity index (χ1v) is 10.8. The fourth-order valence-corrected chi connectivity index (χ4v) is 3.57. The first-order chi connectivity index (χ1) is 12.1. The third-order valence-corrected chi connectivity index (χ3v) is 5.15. The monoisotopic (exact) mass is 348 g/mol. The Hall–Kier alpha value is -1.05. The molecule has 0 bridgehead atoms. The lowest BCUT2D eigenvalue weighted by Gasteiger charge is -2.05. The van der Waals surface area contributed by atoms with Crippen LogP contribution in [0.15, 0.2) is 15.3 Å². The quantitative estimate of drug-likeness (QED) is 0.312. The van der Waals surface area contributed by atoms with Crippen molar-refractivity contribution >= 4 is 0 Å². The number of hydrogen-bond acceptors (Lipinski definition) is 2. The van der Waals surface area contributed by atoms with Gasteiger partial charge in [-0.15, -0.1) is 0 Å². The summed E-state index contributed by atoms with van der Waals surface area (Å²) in [4.78, 5) is 12.0. The highest BCUT2D eigenvalue weighted by molar-refractivity contribution is 5.18. The molecule has 0 saturated heterocycles. The molecule has 0 spiro atoms. The van der Waals surface area contributed by atoms with Gasteiger partial charge in [-0.25, -0.2) is 0 Å². The van der Waals surface area contributed by atoms with Gasteiger partial charge in [-0.2, -0.15) is 0 Å². The van der Waals surface area contributed by atoms with Crippen LogP contribution in [0.2, 0.25) is 0 Å². The largest absolute Gasteiger partial charge is 0.466 e. The standard InChI is InChI=1S/C23H40O2/c1-4-5-6-7-8-9-10-11-12-13-14-15-16-17-18-22-21(3)25-20(2)19-23(22)24/h19H,4-18H2,1-3H3. The van der Waals surface area contributed by atoms with Gasteiger partial charge in [-0.1, -0.05) is 90.4 Å². The zero-order chi connectivity index (χ0) is 18.3. The predicted molar refractivity (Wildman–Crippen MR) is 108 cm³/mol. The number of unbranched alkanes of at least 4 members (excludes halogenated alkanes) is 13. The van der Waals surface area contributed by atoms with Crippen LogP contribution in [0.25, 0.3) is 0 Å². The Morgan fingerprint density at radius 1 is 0.720 bits per heavy atom. The maximum atomic E-state index is 12.0. The van der Waals surface area contributed by atoms with Gasteiger partial charge in [0.2, 0.25) is 0 Å². The third kappa shape index (κ3) is 10.5. The van der Waals surface area contributed by atoms with Crippen molar-refractivity contribution in [3.63, 3.8) is 0 Å². The van der Waals surface area contributed by atoms with Gasteiger partial charge in [0, 0.05) is 11.6 Å². The SMILES string of the molecule is CCCCCCCCCCCCCCCCc1c(C)oc(C)cc1=O. The van der Waals surface area contributed by atoms with Crippen LogP contribution in [0.4, 0.5) is 0 Å². The molecule has 144 valence electrons. The van der Waals surface area contributed by atoms with E-state index in [0.29, 0.717) is 5.76 Å². The maximum Gasteiger partial charge on any atom is 0.188 e. The Labute approximate surface area is 155 Å². The smallest absolute Gasteiger partial charge is 0.188 e. The van der Waals surface area contributed by atoms with Crippen LogP contribution in [0, 0.1) is 13.8 Å². The summed E-state index contributed by atoms with van der Waals surface area (Å²) in [6, 6.07) is 1.62. The van der Waals surface area contributed by atoms with Crippen LogP contribution in [0.1, 0.15) is 114 Å². The minimum Gasteiger partial charge on any atom is -0.466 e. The second-order valence-electron chi connectivity index (χ2n) is 7.60. The molecule has 0 aromatic carbocycles. The summed E-state index contributed by atoms with van der Waals surface area (Å²) in [5.74, 6) is 1.52. The molecule has 0 radical (unpaired) electrons. The Bertz CT molecular complexity index is 501. The van der Waals surface area contributed by atoms with E-state index >= 15 is 0 Å². The molecule has 0 aliphatic heterocycles. The van der Waals surface area contributed by atoms with E-state index in [-0.39, 0.29) is 5.43 Å². The second kappa shape index (κ2) is 14.2. The highest BCUT2D eigenvalue weighted by Gasteiger charge is 2.06. The molecule has 1 aromatic rings. The minimum absolute atomic E-state index is 0.149. The van der Waals surface area contributed by atoms with Gasteiger partial charge >= 0.3 is 0 Å². The van der Waals surface area contributed by atoms with Gasteiger partial charge in [0.1, 0.15) is 11.5 Å². The molecule has 0 aliphatic rings. The fraction of sp³-hybridized carbons (Fsp3) is 0.783. The molecule has 0 N–H and O–H groups in total. The molecule has 1 heterocycles. The van der Waals surface area contributed by atoms with Gasteiger partial charge < -0.3 is 4.42 Å². The Morgan fingerprint density at radius 2 is 1.16 bits per heavy atom. The lowest BCUT2D eigenvalue weighted by molar-refractivity contribution is 0.473. The Kier molecular flexibility index (Phi) is 12.5. The van der Waals surface area contributed by atoms with Crippen molar-refractivity contribution in [3.05, 3.63) is 33.4 Å². The van der Waals surface area contributed by atoms with Gasteiger partial charge in [-0.3, -0.25) is 4.79 Å². The van der Waals surface area contributed by atoms with Crippen LogP contribution in [-0.2, 0) is 6.42 Å². The van der Waals surface area contributed by atoms with Gasteiger partial charge in [0.15, 0.2) is 5.43 Å². The lowest BCUT2D eigenvalue weighted by atomic mass is 10.0. The van der Waals surface area contributed by atoms with Crippen molar-refractivity contribution in [2.75, 3.05) is 0 Å². The molecule has 0 fully saturated rings. The molecule has 2 heteroatoms. The van der Waals surface area contributed by atoms with Crippen molar-refractivity contribution in [2.24, 2.45) is 0 Å². The van der Waals surface area contributed by atoms with Gasteiger partial charge in [0.25, 0.3) is 0 Å². The maximum absolute atomic E-state index is 12.0. The summed E-state index contributed by atoms with van der Waals surface area (Å²) in [7, 11) is 0. The second-order valence-corrected chi connectivity index (χ2v) is 7.60. The van der Waals surface area contributed by atoms with Crippen LogP contribution in [-0.4, -0.2) is 0 Å². The molecule has 2 nitrogen and oxygen atoms in total. The van der Waals surface area contributed by atoms with E-state index in [1.54, 1.807) is 6.07 Å². The van der Waals surface area contributed by atoms with Crippen LogP contribution in [0.5, 0.6) is 0 Å². The summed E-state index contributed by atoms with van der Waals surface area (Å²) >= 11 is 0. The van der Waals surface area contributed by atoms with E-state index in [2.05, 4.69) is 6.92 Å². The van der Waals surface area contributed by atoms with Crippen LogP contribution >= 0.6 is 0 Å². The van der Waals surface area contributed by atoms with E-state index in [1.807, 2.05) is 13.8 Å². The summed E-state index contributed by atoms with van der Waals surface area (Å²) < 4.78 is 5.56. The van der Waals surface area contributed by atoms with Crippen molar-refractivity contribution in [1.29, 1.82) is 0 Å². The highest BCUT2D eigenvalue weighted by atomic mass is 16.3. The van der Waals surface area contributed by atoms with Crippen molar-refractivity contribution in [1.82, 2.24) is 0 Å². The Balaban J connectivity index is 1.92. The molecule has 1 aromatic heterocycles. The zero-order valence-electron chi connectivity index (χ0n) is 17.0. The average molecular weight is 349 g/mol. The summed E-state index contributed by atoms with van der Waals surface area (Å²) in [6.45, 7) is 6.03. The Morgan fingerprint density at radius 3 is 1.60 bits per heavy atom.